The molecule has 2 aromatic rings. The summed E-state index contributed by atoms with van der Waals surface area (Å²) in [5, 5.41) is 3.52. The first-order valence-corrected chi connectivity index (χ1v) is 8.62. The zero-order valence-electron chi connectivity index (χ0n) is 12.9. The van der Waals surface area contributed by atoms with Crippen LogP contribution in [0.4, 0.5) is 0 Å². The highest BCUT2D eigenvalue weighted by molar-refractivity contribution is 7.98. The van der Waals surface area contributed by atoms with Crippen molar-refractivity contribution in [2.24, 2.45) is 0 Å². The molecular formula is C18H23NOS. The number of thioether (sulfide) groups is 1. The van der Waals surface area contributed by atoms with Crippen LogP contribution in [0.25, 0.3) is 0 Å². The zero-order chi connectivity index (χ0) is 15.1. The molecule has 0 fully saturated rings. The van der Waals surface area contributed by atoms with Crippen LogP contribution in [-0.2, 0) is 0 Å². The summed E-state index contributed by atoms with van der Waals surface area (Å²) in [5.74, 6) is 1.84. The molecule has 1 unspecified atom stereocenters. The van der Waals surface area contributed by atoms with Crippen LogP contribution in [0.3, 0.4) is 0 Å². The molecular weight excluding hydrogens is 278 g/mol. The fourth-order valence-corrected chi connectivity index (χ4v) is 2.75. The van der Waals surface area contributed by atoms with Gasteiger partial charge in [0.05, 0.1) is 0 Å². The van der Waals surface area contributed by atoms with E-state index in [1.165, 1.54) is 5.56 Å². The molecule has 2 rings (SSSR count). The van der Waals surface area contributed by atoms with E-state index in [9.17, 15) is 0 Å². The van der Waals surface area contributed by atoms with E-state index in [0.29, 0.717) is 0 Å². The molecule has 1 atom stereocenters. The normalized spacial score (nSPS) is 12.1. The Morgan fingerprint density at radius 3 is 2.43 bits per heavy atom. The molecule has 0 aliphatic rings. The maximum Gasteiger partial charge on any atom is 0.140 e. The third-order valence-corrected chi connectivity index (χ3v) is 4.15. The first-order chi connectivity index (χ1) is 10.3. The molecule has 0 bridgehead atoms. The molecule has 0 spiro atoms. The molecule has 0 saturated heterocycles. The largest absolute Gasteiger partial charge is 0.456 e. The Morgan fingerprint density at radius 1 is 1.05 bits per heavy atom. The van der Waals surface area contributed by atoms with Crippen LogP contribution in [-0.4, -0.2) is 12.8 Å². The summed E-state index contributed by atoms with van der Waals surface area (Å²) in [6, 6.07) is 16.7. The lowest BCUT2D eigenvalue weighted by Crippen LogP contribution is -2.19. The molecule has 0 aliphatic carbocycles. The van der Waals surface area contributed by atoms with Gasteiger partial charge in [-0.25, -0.2) is 0 Å². The highest BCUT2D eigenvalue weighted by Gasteiger charge is 2.12. The monoisotopic (exact) mass is 301 g/mol. The zero-order valence-corrected chi connectivity index (χ0v) is 13.7. The average molecular weight is 301 g/mol. The summed E-state index contributed by atoms with van der Waals surface area (Å²) in [6.07, 6.45) is 3.20. The van der Waals surface area contributed by atoms with Crippen LogP contribution >= 0.6 is 11.8 Å². The van der Waals surface area contributed by atoms with Crippen LogP contribution in [0.2, 0.25) is 0 Å². The number of benzene rings is 2. The second-order valence-corrected chi connectivity index (χ2v) is 5.81. The number of nitrogens with one attached hydrogen (secondary N) is 1. The van der Waals surface area contributed by atoms with Crippen molar-refractivity contribution in [1.29, 1.82) is 0 Å². The summed E-state index contributed by atoms with van der Waals surface area (Å²) in [6.45, 7) is 5.37. The molecule has 21 heavy (non-hydrogen) atoms. The van der Waals surface area contributed by atoms with Gasteiger partial charge < -0.3 is 10.1 Å². The SMILES string of the molecule is CCCNC(C)c1ccccc1Oc1ccccc1SC. The van der Waals surface area contributed by atoms with Crippen molar-refractivity contribution in [3.8, 4) is 11.5 Å². The molecule has 2 aromatic carbocycles. The van der Waals surface area contributed by atoms with Crippen LogP contribution in [0.15, 0.2) is 53.4 Å². The Kier molecular flexibility index (Phi) is 6.15. The van der Waals surface area contributed by atoms with E-state index in [-0.39, 0.29) is 6.04 Å². The fourth-order valence-electron chi connectivity index (χ4n) is 2.22. The van der Waals surface area contributed by atoms with Crippen molar-refractivity contribution in [3.05, 3.63) is 54.1 Å². The van der Waals surface area contributed by atoms with E-state index in [1.807, 2.05) is 30.3 Å². The smallest absolute Gasteiger partial charge is 0.140 e. The van der Waals surface area contributed by atoms with Gasteiger partial charge in [0.1, 0.15) is 11.5 Å². The van der Waals surface area contributed by atoms with Gasteiger partial charge in [0.25, 0.3) is 0 Å². The summed E-state index contributed by atoms with van der Waals surface area (Å²) >= 11 is 1.70. The molecule has 2 nitrogen and oxygen atoms in total. The van der Waals surface area contributed by atoms with E-state index < -0.39 is 0 Å². The Bertz CT molecular complexity index is 571. The van der Waals surface area contributed by atoms with Crippen molar-refractivity contribution < 1.29 is 4.74 Å². The predicted octanol–water partition coefficient (Wildman–Crippen LogP) is 5.26. The number of rotatable bonds is 7. The average Bonchev–Trinajstić information content (AvgIpc) is 2.53. The van der Waals surface area contributed by atoms with E-state index in [4.69, 9.17) is 4.74 Å². The Morgan fingerprint density at radius 2 is 1.71 bits per heavy atom. The van der Waals surface area contributed by atoms with E-state index in [0.717, 1.165) is 29.4 Å². The standard InChI is InChI=1S/C18H23NOS/c1-4-13-19-14(2)15-9-5-6-10-16(15)20-17-11-7-8-12-18(17)21-3/h5-12,14,19H,4,13H2,1-3H3. The molecule has 0 aromatic heterocycles. The van der Waals surface area contributed by atoms with Crippen LogP contribution in [0.1, 0.15) is 31.9 Å². The molecule has 112 valence electrons. The van der Waals surface area contributed by atoms with Crippen molar-refractivity contribution in [2.75, 3.05) is 12.8 Å². The molecule has 0 aliphatic heterocycles. The van der Waals surface area contributed by atoms with Gasteiger partial charge in [-0.15, -0.1) is 11.8 Å². The Hall–Kier alpha value is -1.45. The molecule has 0 saturated carbocycles. The van der Waals surface area contributed by atoms with Gasteiger partial charge in [0, 0.05) is 16.5 Å². The fraction of sp³-hybridized carbons (Fsp3) is 0.333. The lowest BCUT2D eigenvalue weighted by Gasteiger charge is -2.18. The number of ether oxygens (including phenoxy) is 1. The van der Waals surface area contributed by atoms with Gasteiger partial charge in [-0.2, -0.15) is 0 Å². The van der Waals surface area contributed by atoms with Gasteiger partial charge in [-0.05, 0) is 44.3 Å². The van der Waals surface area contributed by atoms with E-state index >= 15 is 0 Å². The molecule has 0 amide bonds. The quantitative estimate of drug-likeness (QED) is 0.705. The van der Waals surface area contributed by atoms with Crippen LogP contribution in [0.5, 0.6) is 11.5 Å². The van der Waals surface area contributed by atoms with Gasteiger partial charge in [-0.3, -0.25) is 0 Å². The lowest BCUT2D eigenvalue weighted by atomic mass is 10.1. The third kappa shape index (κ3) is 4.26. The first-order valence-electron chi connectivity index (χ1n) is 7.39. The number of para-hydroxylation sites is 2. The number of hydrogen-bond donors (Lipinski definition) is 1. The Labute approximate surface area is 131 Å². The van der Waals surface area contributed by atoms with Crippen LogP contribution in [0, 0.1) is 0 Å². The maximum absolute atomic E-state index is 6.17. The molecule has 1 N–H and O–H groups in total. The maximum atomic E-state index is 6.17. The first kappa shape index (κ1) is 15.9. The molecule has 0 radical (unpaired) electrons. The summed E-state index contributed by atoms with van der Waals surface area (Å²) in [4.78, 5) is 1.15. The minimum absolute atomic E-state index is 0.280. The minimum Gasteiger partial charge on any atom is -0.456 e. The topological polar surface area (TPSA) is 21.3 Å². The van der Waals surface area contributed by atoms with Gasteiger partial charge in [0.15, 0.2) is 0 Å². The van der Waals surface area contributed by atoms with Crippen molar-refractivity contribution in [1.82, 2.24) is 5.32 Å². The molecule has 0 heterocycles. The second-order valence-electron chi connectivity index (χ2n) is 4.97. The second kappa shape index (κ2) is 8.11. The minimum atomic E-state index is 0.280. The predicted molar refractivity (Wildman–Crippen MR) is 91.4 cm³/mol. The Balaban J connectivity index is 2.24. The van der Waals surface area contributed by atoms with Crippen molar-refractivity contribution in [2.45, 2.75) is 31.2 Å². The van der Waals surface area contributed by atoms with Crippen molar-refractivity contribution >= 4 is 11.8 Å². The number of hydrogen-bond acceptors (Lipinski definition) is 3. The lowest BCUT2D eigenvalue weighted by molar-refractivity contribution is 0.451. The highest BCUT2D eigenvalue weighted by Crippen LogP contribution is 2.34. The van der Waals surface area contributed by atoms with Crippen LogP contribution < -0.4 is 10.1 Å². The van der Waals surface area contributed by atoms with Crippen molar-refractivity contribution in [3.63, 3.8) is 0 Å². The summed E-state index contributed by atoms with van der Waals surface area (Å²) < 4.78 is 6.17. The summed E-state index contributed by atoms with van der Waals surface area (Å²) in [5.41, 5.74) is 1.20. The van der Waals surface area contributed by atoms with Gasteiger partial charge in [-0.1, -0.05) is 37.3 Å². The van der Waals surface area contributed by atoms with E-state index in [2.05, 4.69) is 43.6 Å². The van der Waals surface area contributed by atoms with Gasteiger partial charge >= 0.3 is 0 Å². The van der Waals surface area contributed by atoms with E-state index in [1.54, 1.807) is 11.8 Å². The third-order valence-electron chi connectivity index (χ3n) is 3.38. The molecule has 3 heteroatoms. The van der Waals surface area contributed by atoms with Gasteiger partial charge in [0.2, 0.25) is 0 Å². The summed E-state index contributed by atoms with van der Waals surface area (Å²) in [7, 11) is 0. The highest BCUT2D eigenvalue weighted by atomic mass is 32.2.